The van der Waals surface area contributed by atoms with Crippen LogP contribution in [0.25, 0.3) is 10.8 Å². The maximum atomic E-state index is 13.2. The highest BCUT2D eigenvalue weighted by Gasteiger charge is 2.49. The second-order valence-corrected chi connectivity index (χ2v) is 11.1. The number of amides is 1. The van der Waals surface area contributed by atoms with Gasteiger partial charge in [0.15, 0.2) is 11.5 Å². The van der Waals surface area contributed by atoms with E-state index < -0.39 is 33.7 Å². The van der Waals surface area contributed by atoms with Gasteiger partial charge in [0.2, 0.25) is 16.4 Å². The van der Waals surface area contributed by atoms with E-state index in [0.29, 0.717) is 37.3 Å². The van der Waals surface area contributed by atoms with Crippen LogP contribution < -0.4 is 20.7 Å². The first-order chi connectivity index (χ1) is 18.3. The molecular weight excluding hydrogens is 514 g/mol. The van der Waals surface area contributed by atoms with Gasteiger partial charge in [-0.15, -0.1) is 0 Å². The van der Waals surface area contributed by atoms with E-state index in [-0.39, 0.29) is 23.1 Å². The number of carbonyl (C=O) groups excluding carboxylic acids is 1. The number of anilines is 1. The van der Waals surface area contributed by atoms with Crippen LogP contribution in [0.5, 0.6) is 0 Å². The van der Waals surface area contributed by atoms with Gasteiger partial charge in [0.1, 0.15) is 6.04 Å². The van der Waals surface area contributed by atoms with Crippen molar-refractivity contribution in [2.75, 3.05) is 18.4 Å². The summed E-state index contributed by atoms with van der Waals surface area (Å²) in [5, 5.41) is 24.5. The van der Waals surface area contributed by atoms with Crippen LogP contribution in [0.4, 0.5) is 5.95 Å². The van der Waals surface area contributed by atoms with Crippen molar-refractivity contribution in [3.05, 3.63) is 54.9 Å². The van der Waals surface area contributed by atoms with E-state index in [1.54, 1.807) is 30.6 Å². The Kier molecular flexibility index (Phi) is 7.01. The predicted octanol–water partition coefficient (Wildman–Crippen LogP) is 0.398. The van der Waals surface area contributed by atoms with Gasteiger partial charge in [0.05, 0.1) is 16.6 Å². The van der Waals surface area contributed by atoms with E-state index in [2.05, 4.69) is 35.8 Å². The fourth-order valence-electron chi connectivity index (χ4n) is 4.86. The van der Waals surface area contributed by atoms with E-state index in [9.17, 15) is 23.1 Å². The number of hydrogen-bond donors (Lipinski definition) is 6. The Balaban J connectivity index is 1.30. The van der Waals surface area contributed by atoms with Crippen LogP contribution >= 0.6 is 0 Å². The van der Waals surface area contributed by atoms with Crippen molar-refractivity contribution in [3.63, 3.8) is 0 Å². The van der Waals surface area contributed by atoms with Crippen molar-refractivity contribution in [2.24, 2.45) is 5.16 Å². The summed E-state index contributed by atoms with van der Waals surface area (Å²) < 4.78 is 28.6. The van der Waals surface area contributed by atoms with Crippen LogP contribution in [0.15, 0.2) is 64.9 Å². The van der Waals surface area contributed by atoms with E-state index in [1.807, 2.05) is 12.1 Å². The van der Waals surface area contributed by atoms with Crippen LogP contribution in [0.1, 0.15) is 12.8 Å². The average Bonchev–Trinajstić information content (AvgIpc) is 3.67. The minimum Gasteiger partial charge on any atom is -0.480 e. The highest BCUT2D eigenvalue weighted by molar-refractivity contribution is 7.89. The van der Waals surface area contributed by atoms with Crippen LogP contribution in [0.3, 0.4) is 0 Å². The summed E-state index contributed by atoms with van der Waals surface area (Å²) in [6.45, 7) is 1.01. The van der Waals surface area contributed by atoms with Gasteiger partial charge >= 0.3 is 5.97 Å². The van der Waals surface area contributed by atoms with Gasteiger partial charge in [-0.25, -0.2) is 13.4 Å². The summed E-state index contributed by atoms with van der Waals surface area (Å²) >= 11 is 0. The van der Waals surface area contributed by atoms with E-state index >= 15 is 0 Å². The van der Waals surface area contributed by atoms with Gasteiger partial charge in [0.25, 0.3) is 0 Å². The lowest BCUT2D eigenvalue weighted by Gasteiger charge is -2.25. The number of sulfonamides is 1. The minimum absolute atomic E-state index is 0.0220. The van der Waals surface area contributed by atoms with E-state index in [1.165, 1.54) is 12.1 Å². The molecule has 1 aromatic heterocycles. The summed E-state index contributed by atoms with van der Waals surface area (Å²) in [6.07, 6.45) is 4.44. The molecule has 14 heteroatoms. The van der Waals surface area contributed by atoms with Gasteiger partial charge in [-0.2, -0.15) is 4.72 Å². The summed E-state index contributed by atoms with van der Waals surface area (Å²) in [7, 11) is -4.27. The molecule has 3 unspecified atom stereocenters. The molecule has 2 aliphatic rings. The molecule has 1 spiro atoms. The Bertz CT molecular complexity index is 1460. The van der Waals surface area contributed by atoms with Crippen molar-refractivity contribution < 1.29 is 28.0 Å². The highest BCUT2D eigenvalue weighted by Crippen LogP contribution is 2.34. The van der Waals surface area contributed by atoms with E-state index in [0.717, 1.165) is 5.39 Å². The number of oxime groups is 1. The molecule has 200 valence electrons. The molecule has 0 aliphatic carbocycles. The molecule has 5 rings (SSSR count). The minimum atomic E-state index is -4.27. The van der Waals surface area contributed by atoms with E-state index in [4.69, 9.17) is 4.84 Å². The summed E-state index contributed by atoms with van der Waals surface area (Å²) in [5.74, 6) is -0.835. The molecule has 4 atom stereocenters. The Morgan fingerprint density at radius 3 is 2.82 bits per heavy atom. The number of imidazole rings is 1. The molecular formula is C24H27N7O6S. The third kappa shape index (κ3) is 5.32. The predicted molar refractivity (Wildman–Crippen MR) is 138 cm³/mol. The summed E-state index contributed by atoms with van der Waals surface area (Å²) in [4.78, 5) is 36.4. The number of carbonyl (C=O) groups is 2. The molecule has 0 radical (unpaired) electrons. The van der Waals surface area contributed by atoms with Crippen molar-refractivity contribution in [2.45, 2.75) is 41.5 Å². The molecule has 3 heterocycles. The van der Waals surface area contributed by atoms with Gasteiger partial charge < -0.3 is 30.9 Å². The lowest BCUT2D eigenvalue weighted by Crippen LogP contribution is -2.57. The number of rotatable bonds is 11. The topological polar surface area (TPSA) is 187 Å². The number of nitrogens with one attached hydrogen (secondary N) is 5. The zero-order valence-electron chi connectivity index (χ0n) is 20.1. The number of aromatic amines is 1. The van der Waals surface area contributed by atoms with Crippen molar-refractivity contribution in [1.82, 2.24) is 25.3 Å². The van der Waals surface area contributed by atoms with Gasteiger partial charge in [-0.05, 0) is 22.9 Å². The third-order valence-electron chi connectivity index (χ3n) is 6.72. The normalized spacial score (nSPS) is 22.5. The number of fused-ring (bicyclic) bond motifs is 1. The monoisotopic (exact) mass is 541 g/mol. The first-order valence-electron chi connectivity index (χ1n) is 11.9. The van der Waals surface area contributed by atoms with Crippen LogP contribution in [-0.2, 0) is 24.4 Å². The molecule has 38 heavy (non-hydrogen) atoms. The number of carboxylic acid groups (broad SMARTS) is 1. The van der Waals surface area contributed by atoms with Gasteiger partial charge in [-0.1, -0.05) is 35.5 Å². The molecule has 1 fully saturated rings. The molecule has 3 aromatic rings. The highest BCUT2D eigenvalue weighted by atomic mass is 32.2. The number of nitrogens with zero attached hydrogens (tertiary/aromatic N) is 2. The summed E-state index contributed by atoms with van der Waals surface area (Å²) in [6, 6.07) is 8.75. The number of carboxylic acids is 1. The fourth-order valence-corrected chi connectivity index (χ4v) is 6.10. The zero-order chi connectivity index (χ0) is 26.8. The number of aromatic nitrogens is 2. The smallest absolute Gasteiger partial charge is 0.324 e. The molecule has 0 bridgehead atoms. The van der Waals surface area contributed by atoms with Crippen molar-refractivity contribution in [1.29, 1.82) is 0 Å². The molecule has 2 aromatic carbocycles. The second kappa shape index (κ2) is 10.4. The van der Waals surface area contributed by atoms with Crippen molar-refractivity contribution in [3.8, 4) is 0 Å². The van der Waals surface area contributed by atoms with Crippen molar-refractivity contribution >= 4 is 44.8 Å². The SMILES string of the molecule is O=CNC(C1=NO[C@]2(CNC(CNc3ncc[nH]3)C2)C1)C(NS(=O)(=O)c1ccc2ccccc2c1)C(=O)O. The standard InChI is InChI=1S/C24H27N7O6S/c32-14-29-20(19-11-24(37-30-19)10-17(28-13-24)12-27-23-25-7-8-26-23)21(22(33)34)31-38(35,36)18-6-5-15-3-1-2-4-16(15)9-18/h1-9,14,17,20-21,28,31H,10-13H2,(H,29,32)(H,33,34)(H2,25,26,27)/t17?,20?,21?,24-/m0/s1. The van der Waals surface area contributed by atoms with Crippen LogP contribution in [-0.4, -0.2) is 78.4 Å². The third-order valence-corrected chi connectivity index (χ3v) is 8.16. The first kappa shape index (κ1) is 25.6. The molecule has 1 amide bonds. The molecule has 13 nitrogen and oxygen atoms in total. The maximum absolute atomic E-state index is 13.2. The zero-order valence-corrected chi connectivity index (χ0v) is 20.9. The first-order valence-corrected chi connectivity index (χ1v) is 13.4. The second-order valence-electron chi connectivity index (χ2n) is 9.34. The number of hydrogen-bond acceptors (Lipinski definition) is 9. The molecule has 2 aliphatic heterocycles. The Hall–Kier alpha value is -4.01. The average molecular weight is 542 g/mol. The van der Waals surface area contributed by atoms with Crippen LogP contribution in [0, 0.1) is 0 Å². The number of H-pyrrole nitrogens is 1. The van der Waals surface area contributed by atoms with Gasteiger partial charge in [-0.3, -0.25) is 9.59 Å². The Morgan fingerprint density at radius 1 is 1.26 bits per heavy atom. The lowest BCUT2D eigenvalue weighted by atomic mass is 9.90. The molecule has 6 N–H and O–H groups in total. The number of benzene rings is 2. The Labute approximate surface area is 218 Å². The van der Waals surface area contributed by atoms with Crippen LogP contribution in [0.2, 0.25) is 0 Å². The molecule has 0 saturated carbocycles. The number of aliphatic carboxylic acids is 1. The van der Waals surface area contributed by atoms with Gasteiger partial charge in [0, 0.05) is 44.4 Å². The summed E-state index contributed by atoms with van der Waals surface area (Å²) in [5.41, 5.74) is -0.513. The lowest BCUT2D eigenvalue weighted by molar-refractivity contribution is -0.139. The maximum Gasteiger partial charge on any atom is 0.324 e. The fraction of sp³-hybridized carbons (Fsp3) is 0.333. The Morgan fingerprint density at radius 2 is 2.08 bits per heavy atom. The largest absolute Gasteiger partial charge is 0.480 e. The molecule has 1 saturated heterocycles. The quantitative estimate of drug-likeness (QED) is 0.187.